The molecule has 0 atom stereocenters. The van der Waals surface area contributed by atoms with Crippen LogP contribution in [0.1, 0.15) is 5.56 Å². The Morgan fingerprint density at radius 3 is 2.59 bits per heavy atom. The normalized spacial score (nSPS) is 11.9. The van der Waals surface area contributed by atoms with Crippen LogP contribution in [0.5, 0.6) is 0 Å². The molecule has 0 saturated heterocycles. The van der Waals surface area contributed by atoms with E-state index in [2.05, 4.69) is 5.10 Å². The maximum Gasteiger partial charge on any atom is 0.287 e. The van der Waals surface area contributed by atoms with Gasteiger partial charge in [-0.05, 0) is 17.7 Å². The van der Waals surface area contributed by atoms with Gasteiger partial charge in [0, 0.05) is 14.1 Å². The van der Waals surface area contributed by atoms with Gasteiger partial charge in [0.05, 0.1) is 22.7 Å². The van der Waals surface area contributed by atoms with Crippen molar-refractivity contribution in [1.82, 2.24) is 14.1 Å². The lowest BCUT2D eigenvalue weighted by Crippen LogP contribution is -2.24. The molecule has 0 radical (unpaired) electrons. The molecule has 0 N–H and O–H groups in total. The molecule has 0 amide bonds. The van der Waals surface area contributed by atoms with Gasteiger partial charge in [0.2, 0.25) is 10.0 Å². The molecule has 0 aliphatic rings. The highest BCUT2D eigenvalue weighted by atomic mass is 35.5. The average Bonchev–Trinajstić information content (AvgIpc) is 2.48. The van der Waals surface area contributed by atoms with Gasteiger partial charge in [-0.15, -0.1) is 0 Å². The van der Waals surface area contributed by atoms with E-state index in [1.807, 2.05) is 0 Å². The van der Waals surface area contributed by atoms with E-state index in [0.29, 0.717) is 5.56 Å². The molecule has 0 saturated carbocycles. The molecule has 118 valence electrons. The minimum atomic E-state index is -3.54. The molecule has 2 rings (SSSR count). The molecular formula is C13H13Cl2N3O3S. The number of benzene rings is 1. The Kier molecular flexibility index (Phi) is 4.91. The van der Waals surface area contributed by atoms with E-state index in [-0.39, 0.29) is 21.5 Å². The SMILES string of the molecule is CN(C)S(=O)(=O)c1cccc(Cn2ncc(Cl)c(Cl)c2=O)c1. The highest BCUT2D eigenvalue weighted by Gasteiger charge is 2.17. The summed E-state index contributed by atoms with van der Waals surface area (Å²) in [7, 11) is -0.635. The van der Waals surface area contributed by atoms with Gasteiger partial charge >= 0.3 is 0 Å². The molecule has 0 spiro atoms. The molecule has 0 aliphatic heterocycles. The minimum absolute atomic E-state index is 0.0758. The lowest BCUT2D eigenvalue weighted by molar-refractivity contribution is 0.520. The van der Waals surface area contributed by atoms with Crippen LogP contribution >= 0.6 is 23.2 Å². The second-order valence-corrected chi connectivity index (χ2v) is 7.64. The van der Waals surface area contributed by atoms with E-state index in [1.165, 1.54) is 32.4 Å². The van der Waals surface area contributed by atoms with Crippen LogP contribution in [0.25, 0.3) is 0 Å². The Morgan fingerprint density at radius 2 is 1.95 bits per heavy atom. The number of sulfonamides is 1. The third kappa shape index (κ3) is 3.33. The Bertz CT molecular complexity index is 863. The first kappa shape index (κ1) is 17.0. The fourth-order valence-corrected chi connectivity index (χ4v) is 2.99. The summed E-state index contributed by atoms with van der Waals surface area (Å²) in [6, 6.07) is 6.29. The van der Waals surface area contributed by atoms with Gasteiger partial charge in [0.1, 0.15) is 5.02 Å². The summed E-state index contributed by atoms with van der Waals surface area (Å²) < 4.78 is 26.5. The second-order valence-electron chi connectivity index (χ2n) is 4.70. The molecule has 0 fully saturated rings. The summed E-state index contributed by atoms with van der Waals surface area (Å²) in [5.41, 5.74) is 0.0750. The number of hydrogen-bond acceptors (Lipinski definition) is 4. The first-order valence-electron chi connectivity index (χ1n) is 6.16. The minimum Gasteiger partial charge on any atom is -0.266 e. The molecule has 1 aromatic carbocycles. The Morgan fingerprint density at radius 1 is 1.27 bits per heavy atom. The summed E-state index contributed by atoms with van der Waals surface area (Å²) in [4.78, 5) is 12.1. The van der Waals surface area contributed by atoms with Crippen molar-refractivity contribution >= 4 is 33.2 Å². The number of halogens is 2. The van der Waals surface area contributed by atoms with Crippen molar-refractivity contribution < 1.29 is 8.42 Å². The van der Waals surface area contributed by atoms with Gasteiger partial charge in [-0.1, -0.05) is 35.3 Å². The van der Waals surface area contributed by atoms with Gasteiger partial charge in [0.15, 0.2) is 0 Å². The summed E-state index contributed by atoms with van der Waals surface area (Å²) in [5.74, 6) is 0. The van der Waals surface area contributed by atoms with Gasteiger partial charge in [-0.25, -0.2) is 17.4 Å². The predicted octanol–water partition coefficient (Wildman–Crippen LogP) is 1.85. The van der Waals surface area contributed by atoms with Crippen molar-refractivity contribution in [2.24, 2.45) is 0 Å². The van der Waals surface area contributed by atoms with Crippen LogP contribution in [0.2, 0.25) is 10.0 Å². The van der Waals surface area contributed by atoms with Crippen molar-refractivity contribution in [2.75, 3.05) is 14.1 Å². The van der Waals surface area contributed by atoms with Crippen molar-refractivity contribution in [3.63, 3.8) is 0 Å². The summed E-state index contributed by atoms with van der Waals surface area (Å²) in [5, 5.41) is 3.85. The summed E-state index contributed by atoms with van der Waals surface area (Å²) >= 11 is 11.5. The smallest absolute Gasteiger partial charge is 0.266 e. The third-order valence-corrected chi connectivity index (χ3v) is 5.51. The lowest BCUT2D eigenvalue weighted by atomic mass is 10.2. The van der Waals surface area contributed by atoms with E-state index in [4.69, 9.17) is 23.2 Å². The molecule has 2 aromatic rings. The van der Waals surface area contributed by atoms with Crippen LogP contribution in [0.3, 0.4) is 0 Å². The Hall–Kier alpha value is -1.41. The molecule has 9 heteroatoms. The first-order valence-corrected chi connectivity index (χ1v) is 8.35. The summed E-state index contributed by atoms with van der Waals surface area (Å²) in [6.07, 6.45) is 1.27. The molecule has 1 heterocycles. The fraction of sp³-hybridized carbons (Fsp3) is 0.231. The highest BCUT2D eigenvalue weighted by molar-refractivity contribution is 7.89. The van der Waals surface area contributed by atoms with Gasteiger partial charge in [-0.2, -0.15) is 5.10 Å². The van der Waals surface area contributed by atoms with Crippen molar-refractivity contribution in [3.8, 4) is 0 Å². The maximum absolute atomic E-state index is 12.1. The summed E-state index contributed by atoms with van der Waals surface area (Å²) in [6.45, 7) is 0.0898. The standard InChI is InChI=1S/C13H13Cl2N3O3S/c1-17(2)22(20,21)10-5-3-4-9(6-10)8-18-13(19)12(15)11(14)7-16-18/h3-7H,8H2,1-2H3. The monoisotopic (exact) mass is 361 g/mol. The molecule has 0 bridgehead atoms. The number of aromatic nitrogens is 2. The molecule has 0 unspecified atom stereocenters. The lowest BCUT2D eigenvalue weighted by Gasteiger charge is -2.12. The van der Waals surface area contributed by atoms with Crippen molar-refractivity contribution in [1.29, 1.82) is 0 Å². The number of hydrogen-bond donors (Lipinski definition) is 0. The zero-order chi connectivity index (χ0) is 16.5. The molecule has 1 aromatic heterocycles. The van der Waals surface area contributed by atoms with Crippen LogP contribution < -0.4 is 5.56 Å². The quantitative estimate of drug-likeness (QED) is 0.832. The van der Waals surface area contributed by atoms with Crippen LogP contribution in [-0.2, 0) is 16.6 Å². The van der Waals surface area contributed by atoms with Gasteiger partial charge < -0.3 is 0 Å². The van der Waals surface area contributed by atoms with Crippen LogP contribution in [0.4, 0.5) is 0 Å². The molecular weight excluding hydrogens is 349 g/mol. The molecule has 22 heavy (non-hydrogen) atoms. The topological polar surface area (TPSA) is 72.3 Å². The average molecular weight is 362 g/mol. The number of rotatable bonds is 4. The predicted molar refractivity (Wildman–Crippen MR) is 84.9 cm³/mol. The van der Waals surface area contributed by atoms with Gasteiger partial charge in [0.25, 0.3) is 5.56 Å². The Labute approximate surface area is 137 Å². The Balaban J connectivity index is 2.41. The van der Waals surface area contributed by atoms with E-state index >= 15 is 0 Å². The van der Waals surface area contributed by atoms with Crippen LogP contribution in [0.15, 0.2) is 40.2 Å². The van der Waals surface area contributed by atoms with E-state index in [1.54, 1.807) is 12.1 Å². The first-order chi connectivity index (χ1) is 10.2. The highest BCUT2D eigenvalue weighted by Crippen LogP contribution is 2.17. The van der Waals surface area contributed by atoms with Crippen LogP contribution in [-0.4, -0.2) is 36.6 Å². The third-order valence-electron chi connectivity index (χ3n) is 2.95. The maximum atomic E-state index is 12.1. The van der Waals surface area contributed by atoms with E-state index in [9.17, 15) is 13.2 Å². The number of nitrogens with zero attached hydrogens (tertiary/aromatic N) is 3. The van der Waals surface area contributed by atoms with Crippen molar-refractivity contribution in [3.05, 3.63) is 56.4 Å². The molecule has 0 aliphatic carbocycles. The second kappa shape index (κ2) is 6.37. The van der Waals surface area contributed by atoms with Gasteiger partial charge in [-0.3, -0.25) is 4.79 Å². The van der Waals surface area contributed by atoms with E-state index < -0.39 is 15.6 Å². The molecule has 6 nitrogen and oxygen atoms in total. The largest absolute Gasteiger partial charge is 0.287 e. The zero-order valence-corrected chi connectivity index (χ0v) is 14.2. The van der Waals surface area contributed by atoms with Crippen LogP contribution in [0, 0.1) is 0 Å². The fourth-order valence-electron chi connectivity index (χ4n) is 1.75. The van der Waals surface area contributed by atoms with E-state index in [0.717, 1.165) is 8.99 Å². The zero-order valence-electron chi connectivity index (χ0n) is 11.8. The van der Waals surface area contributed by atoms with Crippen molar-refractivity contribution in [2.45, 2.75) is 11.4 Å².